The molecule has 2 aromatic carbocycles. The first kappa shape index (κ1) is 20.4. The highest BCUT2D eigenvalue weighted by atomic mass is 32.2. The van der Waals surface area contributed by atoms with Gasteiger partial charge < -0.3 is 4.74 Å². The van der Waals surface area contributed by atoms with Crippen molar-refractivity contribution < 1.29 is 22.7 Å². The number of hydrazine groups is 1. The van der Waals surface area contributed by atoms with Crippen molar-refractivity contribution in [3.63, 3.8) is 0 Å². The molecule has 0 aliphatic rings. The van der Waals surface area contributed by atoms with Crippen LogP contribution in [0, 0.1) is 0 Å². The third kappa shape index (κ3) is 4.85. The van der Waals surface area contributed by atoms with Crippen LogP contribution in [-0.2, 0) is 9.84 Å². The Morgan fingerprint density at radius 2 is 1.56 bits per heavy atom. The van der Waals surface area contributed by atoms with Gasteiger partial charge in [0.15, 0.2) is 9.84 Å². The van der Waals surface area contributed by atoms with Gasteiger partial charge >= 0.3 is 0 Å². The molecule has 2 N–H and O–H groups in total. The SMILES string of the molecule is CCOc1ccc(C(=O)NNC(=O)c2ccccc2S(=O)(=O)C(C)C)cc1. The Balaban J connectivity index is 2.11. The number of sulfone groups is 1. The van der Waals surface area contributed by atoms with Crippen LogP contribution >= 0.6 is 0 Å². The van der Waals surface area contributed by atoms with Crippen LogP contribution in [0.2, 0.25) is 0 Å². The van der Waals surface area contributed by atoms with Crippen LogP contribution in [0.4, 0.5) is 0 Å². The molecule has 0 unspecified atom stereocenters. The van der Waals surface area contributed by atoms with E-state index in [9.17, 15) is 18.0 Å². The lowest BCUT2D eigenvalue weighted by atomic mass is 10.2. The summed E-state index contributed by atoms with van der Waals surface area (Å²) >= 11 is 0. The van der Waals surface area contributed by atoms with E-state index in [1.807, 2.05) is 6.92 Å². The van der Waals surface area contributed by atoms with Gasteiger partial charge in [-0.25, -0.2) is 8.42 Å². The maximum absolute atomic E-state index is 12.4. The van der Waals surface area contributed by atoms with E-state index in [1.54, 1.807) is 36.4 Å². The predicted molar refractivity (Wildman–Crippen MR) is 101 cm³/mol. The van der Waals surface area contributed by atoms with E-state index in [1.165, 1.54) is 26.0 Å². The lowest BCUT2D eigenvalue weighted by molar-refractivity contribution is 0.0845. The first-order valence-corrected chi connectivity index (χ1v) is 9.98. The number of hydrogen-bond acceptors (Lipinski definition) is 5. The fraction of sp³-hybridized carbons (Fsp3) is 0.263. The number of amides is 2. The van der Waals surface area contributed by atoms with Crippen LogP contribution in [0.3, 0.4) is 0 Å². The zero-order valence-corrected chi connectivity index (χ0v) is 16.2. The van der Waals surface area contributed by atoms with E-state index in [2.05, 4.69) is 10.9 Å². The molecule has 0 aromatic heterocycles. The van der Waals surface area contributed by atoms with Crippen molar-refractivity contribution >= 4 is 21.7 Å². The van der Waals surface area contributed by atoms with E-state index in [4.69, 9.17) is 4.74 Å². The molecule has 144 valence electrons. The van der Waals surface area contributed by atoms with Gasteiger partial charge in [0.25, 0.3) is 11.8 Å². The van der Waals surface area contributed by atoms with Crippen molar-refractivity contribution in [2.75, 3.05) is 6.61 Å². The average molecular weight is 390 g/mol. The summed E-state index contributed by atoms with van der Waals surface area (Å²) < 4.78 is 30.1. The average Bonchev–Trinajstić information content (AvgIpc) is 2.66. The van der Waals surface area contributed by atoms with Crippen molar-refractivity contribution in [2.45, 2.75) is 30.9 Å². The van der Waals surface area contributed by atoms with Crippen LogP contribution < -0.4 is 15.6 Å². The number of ether oxygens (including phenoxy) is 1. The highest BCUT2D eigenvalue weighted by molar-refractivity contribution is 7.92. The van der Waals surface area contributed by atoms with Crippen molar-refractivity contribution in [1.29, 1.82) is 0 Å². The van der Waals surface area contributed by atoms with E-state index in [0.717, 1.165) is 0 Å². The smallest absolute Gasteiger partial charge is 0.271 e. The Hall–Kier alpha value is -2.87. The molecule has 0 aliphatic carbocycles. The standard InChI is InChI=1S/C19H22N2O5S/c1-4-26-15-11-9-14(10-12-15)18(22)20-21-19(23)16-7-5-6-8-17(16)27(24,25)13(2)3/h5-13H,4H2,1-3H3,(H,20,22)(H,21,23). The first-order valence-electron chi connectivity index (χ1n) is 8.43. The van der Waals surface area contributed by atoms with Gasteiger partial charge in [0, 0.05) is 5.56 Å². The summed E-state index contributed by atoms with van der Waals surface area (Å²) in [5.41, 5.74) is 4.83. The topological polar surface area (TPSA) is 102 Å². The van der Waals surface area contributed by atoms with Gasteiger partial charge in [0.1, 0.15) is 5.75 Å². The summed E-state index contributed by atoms with van der Waals surface area (Å²) in [5.74, 6) is -0.615. The molecule has 27 heavy (non-hydrogen) atoms. The monoisotopic (exact) mass is 390 g/mol. The molecule has 0 aliphatic heterocycles. The molecule has 7 nitrogen and oxygen atoms in total. The van der Waals surface area contributed by atoms with Crippen LogP contribution in [0.25, 0.3) is 0 Å². The van der Waals surface area contributed by atoms with Crippen LogP contribution in [0.15, 0.2) is 53.4 Å². The van der Waals surface area contributed by atoms with E-state index < -0.39 is 26.9 Å². The highest BCUT2D eigenvalue weighted by Crippen LogP contribution is 2.20. The molecule has 8 heteroatoms. The molecule has 0 saturated carbocycles. The van der Waals surface area contributed by atoms with E-state index >= 15 is 0 Å². The van der Waals surface area contributed by atoms with Gasteiger partial charge in [-0.2, -0.15) is 0 Å². The Morgan fingerprint density at radius 1 is 0.963 bits per heavy atom. The molecular weight excluding hydrogens is 368 g/mol. The molecule has 2 aromatic rings. The predicted octanol–water partition coefficient (Wildman–Crippen LogP) is 2.34. The summed E-state index contributed by atoms with van der Waals surface area (Å²) in [6.45, 7) is 5.45. The van der Waals surface area contributed by atoms with E-state index in [0.29, 0.717) is 17.9 Å². The number of hydrogen-bond donors (Lipinski definition) is 2. The molecule has 0 radical (unpaired) electrons. The van der Waals surface area contributed by atoms with Gasteiger partial charge in [-0.1, -0.05) is 12.1 Å². The van der Waals surface area contributed by atoms with Crippen molar-refractivity contribution in [3.8, 4) is 5.75 Å². The van der Waals surface area contributed by atoms with Crippen molar-refractivity contribution in [2.24, 2.45) is 0 Å². The Labute approximate surface area is 158 Å². The minimum absolute atomic E-state index is 0.0295. The maximum Gasteiger partial charge on any atom is 0.271 e. The zero-order chi connectivity index (χ0) is 20.0. The number of rotatable bonds is 6. The second-order valence-electron chi connectivity index (χ2n) is 5.96. The highest BCUT2D eigenvalue weighted by Gasteiger charge is 2.25. The normalized spacial score (nSPS) is 11.1. The fourth-order valence-corrected chi connectivity index (χ4v) is 3.52. The van der Waals surface area contributed by atoms with E-state index in [-0.39, 0.29) is 10.5 Å². The minimum Gasteiger partial charge on any atom is -0.494 e. The molecular formula is C19H22N2O5S. The second kappa shape index (κ2) is 8.68. The Morgan fingerprint density at radius 3 is 2.15 bits per heavy atom. The van der Waals surface area contributed by atoms with Gasteiger partial charge in [0.05, 0.1) is 22.3 Å². The summed E-state index contributed by atoms with van der Waals surface area (Å²) in [6.07, 6.45) is 0. The van der Waals surface area contributed by atoms with Gasteiger partial charge in [0.2, 0.25) is 0 Å². The quantitative estimate of drug-likeness (QED) is 0.737. The Bertz CT molecular complexity index is 921. The van der Waals surface area contributed by atoms with Crippen LogP contribution in [0.5, 0.6) is 5.75 Å². The lowest BCUT2D eigenvalue weighted by Crippen LogP contribution is -2.42. The molecule has 2 amide bonds. The lowest BCUT2D eigenvalue weighted by Gasteiger charge is -2.13. The summed E-state index contributed by atoms with van der Waals surface area (Å²) in [5, 5.41) is -0.676. The molecule has 0 fully saturated rings. The molecule has 0 spiro atoms. The van der Waals surface area contributed by atoms with Gasteiger partial charge in [-0.15, -0.1) is 0 Å². The minimum atomic E-state index is -3.64. The fourth-order valence-electron chi connectivity index (χ4n) is 2.28. The number of nitrogens with one attached hydrogen (secondary N) is 2. The molecule has 0 atom stereocenters. The largest absolute Gasteiger partial charge is 0.494 e. The number of carbonyl (C=O) groups is 2. The summed E-state index contributed by atoms with van der Waals surface area (Å²) in [7, 11) is -3.64. The molecule has 0 bridgehead atoms. The summed E-state index contributed by atoms with van der Waals surface area (Å²) in [6, 6.07) is 12.3. The second-order valence-corrected chi connectivity index (χ2v) is 8.43. The van der Waals surface area contributed by atoms with Crippen LogP contribution in [0.1, 0.15) is 41.5 Å². The third-order valence-corrected chi connectivity index (χ3v) is 5.99. The maximum atomic E-state index is 12.4. The third-order valence-electron chi connectivity index (χ3n) is 3.78. The molecule has 0 saturated heterocycles. The number of benzene rings is 2. The van der Waals surface area contributed by atoms with Crippen molar-refractivity contribution in [1.82, 2.24) is 10.9 Å². The van der Waals surface area contributed by atoms with Crippen molar-refractivity contribution in [3.05, 3.63) is 59.7 Å². The molecule has 0 heterocycles. The number of carbonyl (C=O) groups excluding carboxylic acids is 2. The van der Waals surface area contributed by atoms with Crippen LogP contribution in [-0.4, -0.2) is 32.1 Å². The van der Waals surface area contributed by atoms with Gasteiger partial charge in [-0.3, -0.25) is 20.4 Å². The van der Waals surface area contributed by atoms with Gasteiger partial charge in [-0.05, 0) is 57.2 Å². The first-order chi connectivity index (χ1) is 12.8. The zero-order valence-electron chi connectivity index (χ0n) is 15.4. The molecule has 2 rings (SSSR count). The summed E-state index contributed by atoms with van der Waals surface area (Å²) in [4.78, 5) is 24.5. The Kier molecular flexibility index (Phi) is 6.57.